The van der Waals surface area contributed by atoms with Gasteiger partial charge in [-0.1, -0.05) is 85.0 Å². The number of nitrogens with zero attached hydrogens (tertiary/aromatic N) is 2. The Morgan fingerprint density at radius 2 is 1.45 bits per heavy atom. The molecule has 0 fully saturated rings. The van der Waals surface area contributed by atoms with E-state index in [1.165, 1.54) is 0 Å². The Hall–Kier alpha value is -4.90. The number of hydrogen-bond acceptors (Lipinski definition) is 5. The maximum Gasteiger partial charge on any atom is 0.169 e. The quantitative estimate of drug-likeness (QED) is 0.271. The molecule has 0 amide bonds. The summed E-state index contributed by atoms with van der Waals surface area (Å²) in [5.74, 6) is 1.86. The molecule has 6 aromatic rings. The van der Waals surface area contributed by atoms with Gasteiger partial charge in [-0.15, -0.1) is 0 Å². The summed E-state index contributed by atoms with van der Waals surface area (Å²) in [5.41, 5.74) is 5.44. The molecule has 1 N–H and O–H groups in total. The van der Waals surface area contributed by atoms with E-state index in [0.29, 0.717) is 0 Å². The molecule has 182 valence electrons. The molecule has 1 aliphatic carbocycles. The molecule has 0 spiro atoms. The van der Waals surface area contributed by atoms with Crippen LogP contribution >= 0.6 is 0 Å². The molecule has 5 nitrogen and oxygen atoms in total. The summed E-state index contributed by atoms with van der Waals surface area (Å²) in [5, 5.41) is 7.94. The zero-order chi connectivity index (χ0) is 25.1. The molecule has 2 aromatic heterocycles. The molecule has 0 saturated heterocycles. The first-order valence-corrected chi connectivity index (χ1v) is 12.9. The number of benzene rings is 4. The monoisotopic (exact) mass is 493 g/mol. The topological polar surface area (TPSA) is 63.0 Å². The summed E-state index contributed by atoms with van der Waals surface area (Å²) in [6, 6.07) is 28.7. The molecule has 2 unspecified atom stereocenters. The lowest BCUT2D eigenvalue weighted by atomic mass is 9.97. The standard InChI is InChI=1S/C33H23N3O2/c1-2-9-20(10-3-1)31-34-32(21-17-18-23-22-11-4-6-14-26(22)38-29(23)19-21)36-33(35-31)25-13-8-16-28-30(25)24-12-5-7-15-27(24)37-28/h1-9,11-20,32H,10H2,(H,34,35,36). The van der Waals surface area contributed by atoms with Gasteiger partial charge >= 0.3 is 0 Å². The van der Waals surface area contributed by atoms with Crippen LogP contribution in [0.5, 0.6) is 0 Å². The Kier molecular flexibility index (Phi) is 4.64. The van der Waals surface area contributed by atoms with Crippen molar-refractivity contribution in [3.05, 3.63) is 120 Å². The molecular formula is C33H23N3O2. The average Bonchev–Trinajstić information content (AvgIpc) is 3.55. The number of amidine groups is 2. The van der Waals surface area contributed by atoms with E-state index < -0.39 is 6.17 Å². The van der Waals surface area contributed by atoms with Crippen molar-refractivity contribution in [3.63, 3.8) is 0 Å². The molecular weight excluding hydrogens is 470 g/mol. The predicted octanol–water partition coefficient (Wildman–Crippen LogP) is 8.06. The van der Waals surface area contributed by atoms with E-state index in [4.69, 9.17) is 18.8 Å². The molecule has 38 heavy (non-hydrogen) atoms. The number of furan rings is 2. The molecule has 0 saturated carbocycles. The molecule has 3 heterocycles. The van der Waals surface area contributed by atoms with Gasteiger partial charge in [0.25, 0.3) is 0 Å². The lowest BCUT2D eigenvalue weighted by molar-refractivity contribution is 0.664. The van der Waals surface area contributed by atoms with Crippen LogP contribution in [0.25, 0.3) is 43.9 Å². The molecule has 5 heteroatoms. The molecule has 2 aliphatic rings. The molecule has 0 radical (unpaired) electrons. The number of aliphatic imine (C=N–C) groups is 2. The Balaban J connectivity index is 1.30. The number of hydrogen-bond donors (Lipinski definition) is 1. The highest BCUT2D eigenvalue weighted by atomic mass is 16.3. The third-order valence-electron chi connectivity index (χ3n) is 7.45. The minimum Gasteiger partial charge on any atom is -0.456 e. The van der Waals surface area contributed by atoms with E-state index in [2.05, 4.69) is 66.0 Å². The van der Waals surface area contributed by atoms with Gasteiger partial charge in [-0.25, -0.2) is 9.98 Å². The Labute approximate surface area is 218 Å². The van der Waals surface area contributed by atoms with Gasteiger partial charge in [0.05, 0.1) is 0 Å². The highest BCUT2D eigenvalue weighted by Crippen LogP contribution is 2.35. The van der Waals surface area contributed by atoms with Crippen LogP contribution in [0, 0.1) is 5.92 Å². The second kappa shape index (κ2) is 8.32. The van der Waals surface area contributed by atoms with Crippen molar-refractivity contribution in [3.8, 4) is 0 Å². The van der Waals surface area contributed by atoms with Gasteiger partial charge in [-0.3, -0.25) is 0 Å². The summed E-state index contributed by atoms with van der Waals surface area (Å²) in [6.07, 6.45) is 9.04. The van der Waals surface area contributed by atoms with Gasteiger partial charge in [0.2, 0.25) is 0 Å². The number of para-hydroxylation sites is 2. The van der Waals surface area contributed by atoms with Gasteiger partial charge in [-0.05, 0) is 30.7 Å². The highest BCUT2D eigenvalue weighted by molar-refractivity contribution is 6.21. The van der Waals surface area contributed by atoms with E-state index in [1.54, 1.807) is 0 Å². The van der Waals surface area contributed by atoms with Gasteiger partial charge in [0.15, 0.2) is 6.17 Å². The van der Waals surface area contributed by atoms with Crippen molar-refractivity contribution in [1.29, 1.82) is 0 Å². The number of rotatable bonds is 3. The molecule has 8 rings (SSSR count). The summed E-state index contributed by atoms with van der Waals surface area (Å²) in [4.78, 5) is 10.3. The van der Waals surface area contributed by atoms with Crippen molar-refractivity contribution < 1.29 is 8.83 Å². The van der Waals surface area contributed by atoms with E-state index in [0.717, 1.165) is 73.1 Å². The average molecular weight is 494 g/mol. The Morgan fingerprint density at radius 3 is 2.32 bits per heavy atom. The lowest BCUT2D eigenvalue weighted by Crippen LogP contribution is -2.39. The van der Waals surface area contributed by atoms with Crippen LogP contribution in [-0.2, 0) is 0 Å². The first-order chi connectivity index (χ1) is 18.8. The maximum absolute atomic E-state index is 6.19. The largest absolute Gasteiger partial charge is 0.456 e. The van der Waals surface area contributed by atoms with Crippen LogP contribution in [0.3, 0.4) is 0 Å². The van der Waals surface area contributed by atoms with Gasteiger partial charge in [-0.2, -0.15) is 0 Å². The van der Waals surface area contributed by atoms with Crippen LogP contribution in [0.15, 0.2) is 128 Å². The van der Waals surface area contributed by atoms with Crippen molar-refractivity contribution in [2.75, 3.05) is 0 Å². The maximum atomic E-state index is 6.19. The summed E-state index contributed by atoms with van der Waals surface area (Å²) < 4.78 is 12.4. The zero-order valence-electron chi connectivity index (χ0n) is 20.5. The van der Waals surface area contributed by atoms with E-state index in [9.17, 15) is 0 Å². The van der Waals surface area contributed by atoms with E-state index >= 15 is 0 Å². The normalized spacial score (nSPS) is 19.3. The molecule has 0 bridgehead atoms. The SMILES string of the molecule is C1=CCC(C2=NC(c3ccc4c(c3)oc3ccccc34)N=C(c3cccc4oc5ccccc5c34)N2)C=C1. The Bertz CT molecular complexity index is 2000. The zero-order valence-corrected chi connectivity index (χ0v) is 20.5. The van der Waals surface area contributed by atoms with Crippen LogP contribution in [0.4, 0.5) is 0 Å². The third-order valence-corrected chi connectivity index (χ3v) is 7.45. The third kappa shape index (κ3) is 3.32. The Morgan fingerprint density at radius 1 is 0.684 bits per heavy atom. The predicted molar refractivity (Wildman–Crippen MR) is 154 cm³/mol. The second-order valence-electron chi connectivity index (χ2n) is 9.78. The van der Waals surface area contributed by atoms with Crippen LogP contribution in [0.1, 0.15) is 23.7 Å². The minimum absolute atomic E-state index is 0.156. The van der Waals surface area contributed by atoms with Crippen LogP contribution in [-0.4, -0.2) is 11.7 Å². The summed E-state index contributed by atoms with van der Waals surface area (Å²) in [7, 11) is 0. The molecule has 2 atom stereocenters. The van der Waals surface area contributed by atoms with Gasteiger partial charge in [0, 0.05) is 38.6 Å². The summed E-state index contributed by atoms with van der Waals surface area (Å²) in [6.45, 7) is 0. The first kappa shape index (κ1) is 21.2. The molecule has 1 aliphatic heterocycles. The number of fused-ring (bicyclic) bond motifs is 6. The fourth-order valence-electron chi connectivity index (χ4n) is 5.60. The highest BCUT2D eigenvalue weighted by Gasteiger charge is 2.26. The van der Waals surface area contributed by atoms with Crippen LogP contribution in [0.2, 0.25) is 0 Å². The summed E-state index contributed by atoms with van der Waals surface area (Å²) >= 11 is 0. The van der Waals surface area contributed by atoms with Crippen molar-refractivity contribution in [2.24, 2.45) is 15.9 Å². The van der Waals surface area contributed by atoms with E-state index in [-0.39, 0.29) is 5.92 Å². The smallest absolute Gasteiger partial charge is 0.169 e. The number of allylic oxidation sites excluding steroid dienone is 3. The fourth-order valence-corrected chi connectivity index (χ4v) is 5.60. The fraction of sp³-hybridized carbons (Fsp3) is 0.0909. The molecule has 4 aromatic carbocycles. The van der Waals surface area contributed by atoms with Crippen molar-refractivity contribution >= 4 is 55.5 Å². The van der Waals surface area contributed by atoms with Gasteiger partial charge < -0.3 is 14.2 Å². The van der Waals surface area contributed by atoms with Crippen molar-refractivity contribution in [1.82, 2.24) is 5.32 Å². The first-order valence-electron chi connectivity index (χ1n) is 12.9. The number of nitrogens with one attached hydrogen (secondary N) is 1. The van der Waals surface area contributed by atoms with Gasteiger partial charge in [0.1, 0.15) is 34.0 Å². The van der Waals surface area contributed by atoms with E-state index in [1.807, 2.05) is 48.5 Å². The second-order valence-corrected chi connectivity index (χ2v) is 9.78. The lowest BCUT2D eigenvalue weighted by Gasteiger charge is -2.26. The van der Waals surface area contributed by atoms with Crippen LogP contribution < -0.4 is 5.32 Å². The van der Waals surface area contributed by atoms with Crippen molar-refractivity contribution in [2.45, 2.75) is 12.6 Å². The minimum atomic E-state index is -0.397.